The van der Waals surface area contributed by atoms with Crippen LogP contribution in [0.5, 0.6) is 5.75 Å². The van der Waals surface area contributed by atoms with Crippen LogP contribution in [0, 0.1) is 0 Å². The van der Waals surface area contributed by atoms with Crippen LogP contribution in [0.25, 0.3) is 6.08 Å². The van der Waals surface area contributed by atoms with E-state index in [-0.39, 0.29) is 0 Å². The first-order chi connectivity index (χ1) is 10.3. The molecule has 0 heterocycles. The largest absolute Gasteiger partial charge is 0.489 e. The van der Waals surface area contributed by atoms with Gasteiger partial charge in [-0.05, 0) is 35.0 Å². The van der Waals surface area contributed by atoms with Gasteiger partial charge < -0.3 is 4.74 Å². The lowest BCUT2D eigenvalue weighted by molar-refractivity contribution is 0.362. The summed E-state index contributed by atoms with van der Waals surface area (Å²) in [6.07, 6.45) is 5.82. The van der Waals surface area contributed by atoms with Gasteiger partial charge in [-0.25, -0.2) is 0 Å². The monoisotopic (exact) mass is 312 g/mol. The van der Waals surface area contributed by atoms with Gasteiger partial charge in [0, 0.05) is 10.4 Å². The minimum absolute atomic E-state index is 0.481. The molecule has 0 unspecified atom stereocenters. The summed E-state index contributed by atoms with van der Waals surface area (Å²) in [6, 6.07) is 18.0. The molecule has 0 spiro atoms. The topological polar surface area (TPSA) is 9.23 Å². The van der Waals surface area contributed by atoms with Crippen molar-refractivity contribution in [2.24, 2.45) is 0 Å². The molecule has 21 heavy (non-hydrogen) atoms. The van der Waals surface area contributed by atoms with Gasteiger partial charge in [-0.2, -0.15) is 0 Å². The number of allylic oxidation sites excluding steroid dienone is 1. The van der Waals surface area contributed by atoms with Gasteiger partial charge in [0.15, 0.2) is 0 Å². The van der Waals surface area contributed by atoms with E-state index in [1.165, 1.54) is 9.91 Å². The zero-order chi connectivity index (χ0) is 14.9. The highest BCUT2D eigenvalue weighted by atomic mass is 32.8. The number of ether oxygens (including phenoxy) is 1. The van der Waals surface area contributed by atoms with E-state index in [0.717, 1.165) is 21.7 Å². The number of benzene rings is 2. The normalized spacial score (nSPS) is 10.3. The molecule has 3 heteroatoms. The zero-order valence-corrected chi connectivity index (χ0v) is 13.2. The summed E-state index contributed by atoms with van der Waals surface area (Å²) in [4.78, 5) is 0.994. The van der Waals surface area contributed by atoms with Gasteiger partial charge in [-0.1, -0.05) is 71.1 Å². The second-order valence-electron chi connectivity index (χ2n) is 4.29. The lowest BCUT2D eigenvalue weighted by Gasteiger charge is -2.09. The van der Waals surface area contributed by atoms with Gasteiger partial charge in [0.2, 0.25) is 0 Å². The Labute approximate surface area is 133 Å². The molecule has 0 bridgehead atoms. The van der Waals surface area contributed by atoms with E-state index in [4.69, 9.17) is 15.9 Å². The molecule has 0 radical (unpaired) electrons. The van der Waals surface area contributed by atoms with Crippen LogP contribution in [0.1, 0.15) is 11.1 Å². The van der Waals surface area contributed by atoms with Gasteiger partial charge in [-0.15, -0.1) is 0 Å². The molecule has 2 aromatic carbocycles. The van der Waals surface area contributed by atoms with Crippen molar-refractivity contribution < 1.29 is 4.74 Å². The van der Waals surface area contributed by atoms with Crippen molar-refractivity contribution in [3.8, 4) is 5.75 Å². The lowest BCUT2D eigenvalue weighted by atomic mass is 10.1. The Bertz CT molecular complexity index is 683. The Hall–Kier alpha value is -1.97. The number of hydrogen-bond acceptors (Lipinski definition) is 2. The average molecular weight is 312 g/mol. The first-order valence-corrected chi connectivity index (χ1v) is 8.32. The third-order valence-electron chi connectivity index (χ3n) is 2.83. The fourth-order valence-electron chi connectivity index (χ4n) is 1.84. The summed E-state index contributed by atoms with van der Waals surface area (Å²) < 4.78 is 5.69. The van der Waals surface area contributed by atoms with E-state index in [1.54, 1.807) is 6.08 Å². The highest BCUT2D eigenvalue weighted by molar-refractivity contribution is 8.17. The quantitative estimate of drug-likeness (QED) is 0.345. The Morgan fingerprint density at radius 3 is 2.52 bits per heavy atom. The van der Waals surface area contributed by atoms with E-state index in [9.17, 15) is 0 Å². The van der Waals surface area contributed by atoms with Crippen LogP contribution in [0.2, 0.25) is 0 Å². The standard InChI is InChI=1S/C18H16OS2/c1-2-14-19-17-11-7-6-10-16(17)18(21-20)13-12-15-8-4-3-5-9-15/h2-13H,1,14H2. The van der Waals surface area contributed by atoms with Crippen LogP contribution in [0.15, 0.2) is 73.3 Å². The third-order valence-corrected chi connectivity index (χ3v) is 3.90. The molecule has 0 aromatic heterocycles. The summed E-state index contributed by atoms with van der Waals surface area (Å²) >= 11 is 5.20. The van der Waals surface area contributed by atoms with E-state index < -0.39 is 0 Å². The Kier molecular flexibility index (Phi) is 6.13. The second-order valence-corrected chi connectivity index (χ2v) is 5.39. The zero-order valence-electron chi connectivity index (χ0n) is 11.6. The smallest absolute Gasteiger partial charge is 0.128 e. The Morgan fingerprint density at radius 2 is 1.81 bits per heavy atom. The van der Waals surface area contributed by atoms with Crippen LogP contribution in [-0.4, -0.2) is 11.5 Å². The van der Waals surface area contributed by atoms with Crippen LogP contribution in [0.3, 0.4) is 0 Å². The highest BCUT2D eigenvalue weighted by Gasteiger charge is 2.05. The molecule has 0 saturated carbocycles. The molecule has 0 atom stereocenters. The van der Waals surface area contributed by atoms with Gasteiger partial charge >= 0.3 is 0 Å². The maximum absolute atomic E-state index is 5.69. The molecule has 0 saturated heterocycles. The first-order valence-electron chi connectivity index (χ1n) is 6.58. The van der Waals surface area contributed by atoms with Crippen LogP contribution in [-0.2, 0) is 21.1 Å². The minimum atomic E-state index is 0.481. The molecule has 0 aliphatic rings. The second kappa shape index (κ2) is 8.35. The summed E-state index contributed by atoms with van der Waals surface area (Å²) in [6.45, 7) is 4.16. The Morgan fingerprint density at radius 1 is 1.10 bits per heavy atom. The maximum Gasteiger partial charge on any atom is 0.128 e. The van der Waals surface area contributed by atoms with Gasteiger partial charge in [0.25, 0.3) is 0 Å². The minimum Gasteiger partial charge on any atom is -0.489 e. The maximum atomic E-state index is 5.69. The summed E-state index contributed by atoms with van der Waals surface area (Å²) in [5.74, 6) is 0.822. The number of hydrogen-bond donors (Lipinski definition) is 0. The summed E-state index contributed by atoms with van der Waals surface area (Å²) in [5.41, 5.74) is 2.15. The molecular formula is C18H16OS2. The highest BCUT2D eigenvalue weighted by Crippen LogP contribution is 2.19. The van der Waals surface area contributed by atoms with Crippen molar-refractivity contribution in [3.63, 3.8) is 0 Å². The van der Waals surface area contributed by atoms with Crippen LogP contribution >= 0.6 is 0 Å². The SMILES string of the molecule is C=CCOc1ccccc1C(C=Cc1ccccc1)=S=S. The fraction of sp³-hybridized carbons (Fsp3) is 0.0556. The van der Waals surface area contributed by atoms with Crippen LogP contribution in [0.4, 0.5) is 0 Å². The molecule has 2 rings (SSSR count). The van der Waals surface area contributed by atoms with Gasteiger partial charge in [-0.3, -0.25) is 0 Å². The van der Waals surface area contributed by atoms with Crippen molar-refractivity contribution in [1.29, 1.82) is 0 Å². The fourth-order valence-corrected chi connectivity index (χ4v) is 2.66. The van der Waals surface area contributed by atoms with Gasteiger partial charge in [0.05, 0.1) is 0 Å². The number of rotatable bonds is 6. The molecule has 0 aliphatic heterocycles. The van der Waals surface area contributed by atoms with Crippen molar-refractivity contribution in [2.75, 3.05) is 6.61 Å². The third kappa shape index (κ3) is 4.52. The van der Waals surface area contributed by atoms with Crippen molar-refractivity contribution >= 4 is 32.0 Å². The molecule has 0 fully saturated rings. The molecule has 106 valence electrons. The van der Waals surface area contributed by atoms with E-state index in [1.807, 2.05) is 48.5 Å². The Balaban J connectivity index is 2.28. The summed E-state index contributed by atoms with van der Waals surface area (Å²) in [5, 5.41) is 0. The summed E-state index contributed by atoms with van der Waals surface area (Å²) in [7, 11) is 1.30. The van der Waals surface area contributed by atoms with Crippen LogP contribution < -0.4 is 4.74 Å². The molecule has 0 aliphatic carbocycles. The lowest BCUT2D eigenvalue weighted by Crippen LogP contribution is -2.02. The molecule has 0 N–H and O–H groups in total. The predicted octanol–water partition coefficient (Wildman–Crippen LogP) is 4.03. The molecule has 2 aromatic rings. The van der Waals surface area contributed by atoms with Gasteiger partial charge in [0.1, 0.15) is 12.4 Å². The predicted molar refractivity (Wildman–Crippen MR) is 96.4 cm³/mol. The number of para-hydroxylation sites is 1. The first kappa shape index (κ1) is 15.4. The molecular weight excluding hydrogens is 296 g/mol. The average Bonchev–Trinajstić information content (AvgIpc) is 2.55. The van der Waals surface area contributed by atoms with Crippen molar-refractivity contribution in [1.82, 2.24) is 0 Å². The van der Waals surface area contributed by atoms with Crippen molar-refractivity contribution in [3.05, 3.63) is 84.5 Å². The van der Waals surface area contributed by atoms with Crippen molar-refractivity contribution in [2.45, 2.75) is 0 Å². The molecule has 0 amide bonds. The van der Waals surface area contributed by atoms with E-state index in [2.05, 4.69) is 24.8 Å². The molecule has 1 nitrogen and oxygen atoms in total. The van der Waals surface area contributed by atoms with E-state index in [0.29, 0.717) is 6.61 Å². The van der Waals surface area contributed by atoms with E-state index >= 15 is 0 Å².